The van der Waals surface area contributed by atoms with Crippen molar-refractivity contribution in [2.75, 3.05) is 0 Å². The fraction of sp³-hybridized carbons (Fsp3) is 0.773. The van der Waals surface area contributed by atoms with Gasteiger partial charge in [0.25, 0.3) is 0 Å². The molecule has 154 valence electrons. The van der Waals surface area contributed by atoms with Gasteiger partial charge in [-0.3, -0.25) is 14.4 Å². The summed E-state index contributed by atoms with van der Waals surface area (Å²) < 4.78 is 5.42. The van der Waals surface area contributed by atoms with Crippen molar-refractivity contribution in [2.24, 2.45) is 28.1 Å². The molecule has 1 spiro atoms. The SMILES string of the molecule is CC(=O)O[C@H]1C(=O)C2=C(C(=O)[C@]13C[C@@H]3C)[C@H](O)[C@@H](O)[C@H]1C(C)(C)CCC[C@]21C. The van der Waals surface area contributed by atoms with Crippen molar-refractivity contribution in [1.29, 1.82) is 0 Å². The van der Waals surface area contributed by atoms with Crippen LogP contribution >= 0.6 is 0 Å². The highest BCUT2D eigenvalue weighted by Gasteiger charge is 2.73. The van der Waals surface area contributed by atoms with Crippen molar-refractivity contribution in [3.63, 3.8) is 0 Å². The van der Waals surface area contributed by atoms with Gasteiger partial charge in [0.15, 0.2) is 11.9 Å². The van der Waals surface area contributed by atoms with Crippen molar-refractivity contribution in [2.45, 2.75) is 78.6 Å². The second-order valence-electron chi connectivity index (χ2n) is 10.3. The van der Waals surface area contributed by atoms with Gasteiger partial charge in [0.05, 0.1) is 11.5 Å². The lowest BCUT2D eigenvalue weighted by Gasteiger charge is -2.58. The maximum absolute atomic E-state index is 13.7. The molecule has 0 aromatic heterocycles. The van der Waals surface area contributed by atoms with E-state index in [2.05, 4.69) is 0 Å². The number of Topliss-reactive ketones (excluding diaryl/α,β-unsaturated/α-hetero) is 2. The van der Waals surface area contributed by atoms with Crippen LogP contribution in [0.5, 0.6) is 0 Å². The van der Waals surface area contributed by atoms with Gasteiger partial charge in [0, 0.05) is 29.4 Å². The first-order valence-corrected chi connectivity index (χ1v) is 10.3. The van der Waals surface area contributed by atoms with Gasteiger partial charge < -0.3 is 14.9 Å². The molecule has 7 atom stereocenters. The first-order valence-electron chi connectivity index (χ1n) is 10.3. The Morgan fingerprint density at radius 1 is 1.14 bits per heavy atom. The number of esters is 1. The second kappa shape index (κ2) is 5.76. The average Bonchev–Trinajstić information content (AvgIpc) is 3.24. The van der Waals surface area contributed by atoms with E-state index >= 15 is 0 Å². The van der Waals surface area contributed by atoms with Gasteiger partial charge in [-0.1, -0.05) is 34.1 Å². The summed E-state index contributed by atoms with van der Waals surface area (Å²) in [5, 5.41) is 22.0. The predicted octanol–water partition coefficient (Wildman–Crippen LogP) is 1.96. The number of fused-ring (bicyclic) bond motifs is 2. The van der Waals surface area contributed by atoms with Crippen molar-refractivity contribution < 1.29 is 29.3 Å². The third kappa shape index (κ3) is 2.25. The molecule has 6 heteroatoms. The number of carbonyl (C=O) groups is 3. The Morgan fingerprint density at radius 2 is 1.75 bits per heavy atom. The molecular weight excluding hydrogens is 360 g/mol. The van der Waals surface area contributed by atoms with Crippen molar-refractivity contribution in [3.8, 4) is 0 Å². The summed E-state index contributed by atoms with van der Waals surface area (Å²) in [7, 11) is 0. The molecule has 0 unspecified atom stereocenters. The second-order valence-corrected chi connectivity index (χ2v) is 10.3. The van der Waals surface area contributed by atoms with E-state index in [0.29, 0.717) is 18.4 Å². The smallest absolute Gasteiger partial charge is 0.303 e. The molecule has 0 aromatic rings. The molecule has 6 nitrogen and oxygen atoms in total. The number of hydrogen-bond acceptors (Lipinski definition) is 6. The van der Waals surface area contributed by atoms with Crippen molar-refractivity contribution >= 4 is 17.5 Å². The number of hydrogen-bond donors (Lipinski definition) is 2. The van der Waals surface area contributed by atoms with Crippen molar-refractivity contribution in [3.05, 3.63) is 11.1 Å². The number of ether oxygens (including phenoxy) is 1. The number of rotatable bonds is 1. The molecule has 2 N–H and O–H groups in total. The van der Waals surface area contributed by atoms with Crippen LogP contribution in [0, 0.1) is 28.1 Å². The van der Waals surface area contributed by atoms with E-state index in [9.17, 15) is 24.6 Å². The van der Waals surface area contributed by atoms with Gasteiger partial charge in [-0.25, -0.2) is 0 Å². The molecule has 0 radical (unpaired) electrons. The number of carbonyl (C=O) groups excluding carboxylic acids is 3. The highest BCUT2D eigenvalue weighted by Crippen LogP contribution is 2.66. The topological polar surface area (TPSA) is 101 Å². The fourth-order valence-electron chi connectivity index (χ4n) is 6.86. The molecule has 0 aliphatic heterocycles. The summed E-state index contributed by atoms with van der Waals surface area (Å²) in [6, 6.07) is 0. The van der Waals surface area contributed by atoms with E-state index in [1.807, 2.05) is 27.7 Å². The van der Waals surface area contributed by atoms with Crippen LogP contribution in [0.25, 0.3) is 0 Å². The largest absolute Gasteiger partial charge is 0.453 e. The maximum atomic E-state index is 13.7. The minimum atomic E-state index is -1.38. The molecule has 0 heterocycles. The van der Waals surface area contributed by atoms with Gasteiger partial charge >= 0.3 is 5.97 Å². The van der Waals surface area contributed by atoms with Crippen LogP contribution in [-0.2, 0) is 19.1 Å². The quantitative estimate of drug-likeness (QED) is 0.664. The first-order chi connectivity index (χ1) is 12.9. The van der Waals surface area contributed by atoms with Gasteiger partial charge in [0.1, 0.15) is 6.10 Å². The van der Waals surface area contributed by atoms with E-state index < -0.39 is 35.1 Å². The Balaban J connectivity index is 1.94. The van der Waals surface area contributed by atoms with Crippen LogP contribution in [0.1, 0.15) is 60.3 Å². The molecule has 4 aliphatic carbocycles. The van der Waals surface area contributed by atoms with E-state index in [1.165, 1.54) is 6.92 Å². The highest BCUT2D eigenvalue weighted by molar-refractivity contribution is 6.20. The lowest BCUT2D eigenvalue weighted by atomic mass is 9.46. The van der Waals surface area contributed by atoms with E-state index in [4.69, 9.17) is 4.74 Å². The molecule has 0 aromatic carbocycles. The maximum Gasteiger partial charge on any atom is 0.303 e. The first kappa shape index (κ1) is 19.8. The molecule has 4 aliphatic rings. The minimum absolute atomic E-state index is 0.0710. The normalized spacial score (nSPS) is 46.9. The lowest BCUT2D eigenvalue weighted by Crippen LogP contribution is -2.63. The molecule has 2 fully saturated rings. The van der Waals surface area contributed by atoms with Crippen LogP contribution in [0.2, 0.25) is 0 Å². The van der Waals surface area contributed by atoms with Crippen LogP contribution < -0.4 is 0 Å². The molecular formula is C22H30O6. The van der Waals surface area contributed by atoms with Crippen molar-refractivity contribution in [1.82, 2.24) is 0 Å². The molecule has 0 saturated heterocycles. The third-order valence-electron chi connectivity index (χ3n) is 8.11. The fourth-order valence-corrected chi connectivity index (χ4v) is 6.86. The Morgan fingerprint density at radius 3 is 2.29 bits per heavy atom. The van der Waals surface area contributed by atoms with Gasteiger partial charge in [0.2, 0.25) is 5.78 Å². The number of ketones is 2. The molecule has 0 bridgehead atoms. The zero-order valence-electron chi connectivity index (χ0n) is 17.2. The lowest BCUT2D eigenvalue weighted by molar-refractivity contribution is -0.166. The molecule has 0 amide bonds. The number of aliphatic hydroxyl groups excluding tert-OH is 2. The summed E-state index contributed by atoms with van der Waals surface area (Å²) in [5.74, 6) is -1.74. The van der Waals surface area contributed by atoms with Crippen LogP contribution in [0.3, 0.4) is 0 Å². The summed E-state index contributed by atoms with van der Waals surface area (Å²) in [5.41, 5.74) is -1.75. The molecule has 28 heavy (non-hydrogen) atoms. The zero-order valence-corrected chi connectivity index (χ0v) is 17.2. The summed E-state index contributed by atoms with van der Waals surface area (Å²) in [6.45, 7) is 9.11. The number of aliphatic hydroxyl groups is 2. The minimum Gasteiger partial charge on any atom is -0.453 e. The van der Waals surface area contributed by atoms with E-state index in [1.54, 1.807) is 0 Å². The standard InChI is InChI=1S/C22H30O6/c1-10-9-22(10)18(27)12-13(15(25)19(22)28-11(2)23)21(5)8-6-7-20(3,4)17(21)16(26)14(12)24/h10,14,16-17,19,24,26H,6-9H2,1-5H3/t10-,14-,16+,17-,19-,21+,22+/m0/s1. The van der Waals surface area contributed by atoms with Gasteiger partial charge in [-0.15, -0.1) is 0 Å². The Hall–Kier alpha value is -1.53. The highest BCUT2D eigenvalue weighted by atomic mass is 16.5. The van der Waals surface area contributed by atoms with Gasteiger partial charge in [-0.05, 0) is 30.6 Å². The van der Waals surface area contributed by atoms with E-state index in [-0.39, 0.29) is 34.4 Å². The Bertz CT molecular complexity index is 810. The summed E-state index contributed by atoms with van der Waals surface area (Å²) in [6.07, 6.45) is -0.788. The van der Waals surface area contributed by atoms with Gasteiger partial charge in [-0.2, -0.15) is 0 Å². The Labute approximate surface area is 165 Å². The average molecular weight is 390 g/mol. The van der Waals surface area contributed by atoms with E-state index in [0.717, 1.165) is 12.8 Å². The van der Waals surface area contributed by atoms with Crippen LogP contribution in [0.4, 0.5) is 0 Å². The molecule has 4 rings (SSSR count). The summed E-state index contributed by atoms with van der Waals surface area (Å²) in [4.78, 5) is 39.0. The summed E-state index contributed by atoms with van der Waals surface area (Å²) >= 11 is 0. The predicted molar refractivity (Wildman–Crippen MR) is 100 cm³/mol. The Kier molecular flexibility index (Phi) is 4.07. The van der Waals surface area contributed by atoms with Crippen LogP contribution in [0.15, 0.2) is 11.1 Å². The zero-order chi connectivity index (χ0) is 20.8. The van der Waals surface area contributed by atoms with Crippen LogP contribution in [-0.4, -0.2) is 46.1 Å². The third-order valence-corrected chi connectivity index (χ3v) is 8.11. The monoisotopic (exact) mass is 390 g/mol. The molecule has 2 saturated carbocycles.